The van der Waals surface area contributed by atoms with E-state index in [2.05, 4.69) is 15.1 Å². The van der Waals surface area contributed by atoms with E-state index in [4.69, 9.17) is 4.52 Å². The fourth-order valence-corrected chi connectivity index (χ4v) is 2.29. The average molecular weight is 382 g/mol. The first kappa shape index (κ1) is 18.1. The Morgan fingerprint density at radius 3 is 2.56 bits per heavy atom. The van der Waals surface area contributed by atoms with Gasteiger partial charge in [0.1, 0.15) is 0 Å². The Labute approximate surface area is 147 Å². The molecule has 3 rings (SSSR count). The molecular weight excluding hydrogens is 373 g/mol. The maximum absolute atomic E-state index is 13.2. The van der Waals surface area contributed by atoms with Crippen molar-refractivity contribution in [3.05, 3.63) is 45.8 Å². The van der Waals surface area contributed by atoms with Gasteiger partial charge in [0.05, 0.1) is 21.6 Å². The SMILES string of the molecule is Cc1cc(C(F)(F)F)c(-c2noc(-c3cc(O)c(O)c([N+](=O)[O-])c3)n2)cn1. The van der Waals surface area contributed by atoms with Crippen molar-refractivity contribution in [1.29, 1.82) is 0 Å². The summed E-state index contributed by atoms with van der Waals surface area (Å²) in [4.78, 5) is 17.5. The van der Waals surface area contributed by atoms with Crippen LogP contribution in [0, 0.1) is 17.0 Å². The Balaban J connectivity index is 2.11. The minimum Gasteiger partial charge on any atom is -0.504 e. The number of benzene rings is 1. The number of nitro groups is 1. The van der Waals surface area contributed by atoms with Crippen LogP contribution in [0.15, 0.2) is 28.9 Å². The molecule has 0 spiro atoms. The lowest BCUT2D eigenvalue weighted by Crippen LogP contribution is -2.09. The fourth-order valence-electron chi connectivity index (χ4n) is 2.29. The van der Waals surface area contributed by atoms with Crippen LogP contribution >= 0.6 is 0 Å². The van der Waals surface area contributed by atoms with E-state index in [1.807, 2.05) is 0 Å². The van der Waals surface area contributed by atoms with Gasteiger partial charge in [-0.1, -0.05) is 5.16 Å². The molecule has 140 valence electrons. The van der Waals surface area contributed by atoms with Crippen LogP contribution in [-0.2, 0) is 6.18 Å². The maximum atomic E-state index is 13.2. The molecule has 2 N–H and O–H groups in total. The second-order valence-corrected chi connectivity index (χ2v) is 5.41. The predicted octanol–water partition coefficient (Wildman–Crippen LogP) is 3.45. The summed E-state index contributed by atoms with van der Waals surface area (Å²) in [5.74, 6) is -2.63. The molecule has 0 saturated carbocycles. The molecule has 0 bridgehead atoms. The summed E-state index contributed by atoms with van der Waals surface area (Å²) < 4.78 is 44.6. The van der Waals surface area contributed by atoms with Crippen LogP contribution in [0.1, 0.15) is 11.3 Å². The molecule has 0 saturated heterocycles. The van der Waals surface area contributed by atoms with E-state index in [1.54, 1.807) is 0 Å². The van der Waals surface area contributed by atoms with E-state index in [0.717, 1.165) is 24.4 Å². The van der Waals surface area contributed by atoms with E-state index in [-0.39, 0.29) is 11.3 Å². The zero-order valence-corrected chi connectivity index (χ0v) is 13.4. The smallest absolute Gasteiger partial charge is 0.417 e. The topological polar surface area (TPSA) is 135 Å². The minimum absolute atomic E-state index is 0.133. The van der Waals surface area contributed by atoms with Gasteiger partial charge in [-0.05, 0) is 19.1 Å². The highest BCUT2D eigenvalue weighted by Gasteiger charge is 2.35. The summed E-state index contributed by atoms with van der Waals surface area (Å²) >= 11 is 0. The summed E-state index contributed by atoms with van der Waals surface area (Å²) in [6.45, 7) is 1.39. The summed E-state index contributed by atoms with van der Waals surface area (Å²) in [6, 6.07) is 2.56. The zero-order valence-electron chi connectivity index (χ0n) is 13.4. The Morgan fingerprint density at radius 2 is 1.93 bits per heavy atom. The van der Waals surface area contributed by atoms with E-state index < -0.39 is 51.1 Å². The van der Waals surface area contributed by atoms with Crippen LogP contribution in [0.4, 0.5) is 18.9 Å². The van der Waals surface area contributed by atoms with Gasteiger partial charge < -0.3 is 14.7 Å². The minimum atomic E-state index is -4.70. The number of aromatic hydroxyl groups is 2. The average Bonchev–Trinajstić information content (AvgIpc) is 3.06. The highest BCUT2D eigenvalue weighted by molar-refractivity contribution is 5.69. The van der Waals surface area contributed by atoms with Crippen molar-refractivity contribution in [3.63, 3.8) is 0 Å². The molecule has 0 radical (unpaired) electrons. The predicted molar refractivity (Wildman–Crippen MR) is 82.7 cm³/mol. The van der Waals surface area contributed by atoms with Crippen molar-refractivity contribution in [2.24, 2.45) is 0 Å². The van der Waals surface area contributed by atoms with Crippen molar-refractivity contribution >= 4 is 5.69 Å². The molecule has 0 atom stereocenters. The summed E-state index contributed by atoms with van der Waals surface area (Å²) in [5.41, 5.74) is -2.33. The molecule has 27 heavy (non-hydrogen) atoms. The van der Waals surface area contributed by atoms with Crippen LogP contribution in [-0.4, -0.2) is 30.3 Å². The number of rotatable bonds is 3. The van der Waals surface area contributed by atoms with Crippen molar-refractivity contribution in [3.8, 4) is 34.3 Å². The number of alkyl halides is 3. The second-order valence-electron chi connectivity index (χ2n) is 5.41. The van der Waals surface area contributed by atoms with Crippen LogP contribution in [0.25, 0.3) is 22.8 Å². The van der Waals surface area contributed by atoms with Crippen LogP contribution < -0.4 is 0 Å². The maximum Gasteiger partial charge on any atom is 0.417 e. The molecular formula is C15H9F3N4O5. The molecule has 2 aromatic heterocycles. The van der Waals surface area contributed by atoms with Gasteiger partial charge in [-0.3, -0.25) is 15.1 Å². The van der Waals surface area contributed by atoms with E-state index in [0.29, 0.717) is 0 Å². The standard InChI is InChI=1S/C15H9F3N4O5/c1-6-2-9(15(16,17)18)8(5-19-6)13-20-14(27-21-13)7-3-10(22(25)26)12(24)11(23)4-7/h2-5,23-24H,1H3. The second kappa shape index (κ2) is 6.23. The molecule has 2 heterocycles. The number of phenolic OH excluding ortho intramolecular Hbond substituents is 2. The molecule has 1 aromatic carbocycles. The van der Waals surface area contributed by atoms with Gasteiger partial charge in [0.25, 0.3) is 5.89 Å². The highest BCUT2D eigenvalue weighted by atomic mass is 19.4. The fraction of sp³-hybridized carbons (Fsp3) is 0.133. The van der Waals surface area contributed by atoms with Gasteiger partial charge in [0.2, 0.25) is 11.6 Å². The van der Waals surface area contributed by atoms with Crippen molar-refractivity contribution in [1.82, 2.24) is 15.1 Å². The van der Waals surface area contributed by atoms with Gasteiger partial charge >= 0.3 is 11.9 Å². The third-order valence-electron chi connectivity index (χ3n) is 3.53. The van der Waals surface area contributed by atoms with Crippen molar-refractivity contribution in [2.75, 3.05) is 0 Å². The first-order chi connectivity index (χ1) is 12.6. The Morgan fingerprint density at radius 1 is 1.22 bits per heavy atom. The third-order valence-corrected chi connectivity index (χ3v) is 3.53. The lowest BCUT2D eigenvalue weighted by Gasteiger charge is -2.10. The van der Waals surface area contributed by atoms with Gasteiger partial charge in [0.15, 0.2) is 5.75 Å². The zero-order chi connectivity index (χ0) is 19.9. The molecule has 12 heteroatoms. The van der Waals surface area contributed by atoms with Crippen LogP contribution in [0.2, 0.25) is 0 Å². The molecule has 0 fully saturated rings. The van der Waals surface area contributed by atoms with Crippen LogP contribution in [0.3, 0.4) is 0 Å². The number of nitrogens with zero attached hydrogens (tertiary/aromatic N) is 4. The normalized spacial score (nSPS) is 11.6. The van der Waals surface area contributed by atoms with Crippen molar-refractivity contribution < 1.29 is 32.8 Å². The monoisotopic (exact) mass is 382 g/mol. The Kier molecular flexibility index (Phi) is 4.18. The number of pyridine rings is 1. The molecule has 0 unspecified atom stereocenters. The highest BCUT2D eigenvalue weighted by Crippen LogP contribution is 2.40. The Bertz CT molecular complexity index is 1050. The lowest BCUT2D eigenvalue weighted by atomic mass is 10.1. The van der Waals surface area contributed by atoms with Crippen molar-refractivity contribution in [2.45, 2.75) is 13.1 Å². The van der Waals surface area contributed by atoms with Gasteiger partial charge in [-0.25, -0.2) is 0 Å². The quantitative estimate of drug-likeness (QED) is 0.399. The molecule has 0 aliphatic rings. The number of aryl methyl sites for hydroxylation is 1. The molecule has 0 amide bonds. The van der Waals surface area contributed by atoms with E-state index >= 15 is 0 Å². The molecule has 0 aliphatic carbocycles. The van der Waals surface area contributed by atoms with Gasteiger partial charge in [-0.2, -0.15) is 18.2 Å². The first-order valence-electron chi connectivity index (χ1n) is 7.16. The number of halogens is 3. The van der Waals surface area contributed by atoms with E-state index in [1.165, 1.54) is 6.92 Å². The van der Waals surface area contributed by atoms with Gasteiger partial charge in [0, 0.05) is 18.0 Å². The lowest BCUT2D eigenvalue weighted by molar-refractivity contribution is -0.385. The summed E-state index contributed by atoms with van der Waals surface area (Å²) in [7, 11) is 0. The summed E-state index contributed by atoms with van der Waals surface area (Å²) in [6.07, 6.45) is -3.76. The number of hydrogen-bond acceptors (Lipinski definition) is 8. The summed E-state index contributed by atoms with van der Waals surface area (Å²) in [5, 5.41) is 33.4. The number of phenols is 2. The van der Waals surface area contributed by atoms with E-state index in [9.17, 15) is 33.5 Å². The largest absolute Gasteiger partial charge is 0.504 e. The van der Waals surface area contributed by atoms with Gasteiger partial charge in [-0.15, -0.1) is 0 Å². The molecule has 9 nitrogen and oxygen atoms in total. The molecule has 3 aromatic rings. The Hall–Kier alpha value is -3.70. The number of aromatic nitrogens is 3. The first-order valence-corrected chi connectivity index (χ1v) is 7.16. The third kappa shape index (κ3) is 3.36. The molecule has 0 aliphatic heterocycles. The van der Waals surface area contributed by atoms with Crippen LogP contribution in [0.5, 0.6) is 11.5 Å². The number of nitro benzene ring substituents is 1. The number of hydrogen-bond donors (Lipinski definition) is 2.